The molecule has 0 radical (unpaired) electrons. The van der Waals surface area contributed by atoms with Gasteiger partial charge in [0.1, 0.15) is 18.5 Å². The minimum absolute atomic E-state index is 0.251. The number of aliphatic hydroxyl groups excluding tert-OH is 1. The van der Waals surface area contributed by atoms with Crippen LogP contribution in [0.1, 0.15) is 25.3 Å². The van der Waals surface area contributed by atoms with E-state index in [1.54, 1.807) is 0 Å². The topological polar surface area (TPSA) is 41.5 Å². The summed E-state index contributed by atoms with van der Waals surface area (Å²) in [5.41, 5.74) is 1.16. The van der Waals surface area contributed by atoms with Crippen molar-refractivity contribution in [2.75, 3.05) is 13.2 Å². The molecule has 0 bridgehead atoms. The average Bonchev–Trinajstić information content (AvgIpc) is 2.42. The van der Waals surface area contributed by atoms with Gasteiger partial charge < -0.3 is 15.2 Å². The Balaban J connectivity index is 2.36. The zero-order valence-corrected chi connectivity index (χ0v) is 13.6. The summed E-state index contributed by atoms with van der Waals surface area (Å²) in [6.07, 6.45) is 6.35. The first-order valence-corrected chi connectivity index (χ1v) is 7.60. The van der Waals surface area contributed by atoms with E-state index in [0.717, 1.165) is 22.2 Å². The highest BCUT2D eigenvalue weighted by molar-refractivity contribution is 9.10. The molecule has 2 atom stereocenters. The van der Waals surface area contributed by atoms with Gasteiger partial charge in [0, 0.05) is 19.0 Å². The van der Waals surface area contributed by atoms with E-state index in [1.165, 1.54) is 0 Å². The first kappa shape index (κ1) is 17.0. The lowest BCUT2D eigenvalue weighted by Gasteiger charge is -2.18. The fourth-order valence-electron chi connectivity index (χ4n) is 1.77. The Kier molecular flexibility index (Phi) is 7.68. The third kappa shape index (κ3) is 5.96. The SMILES string of the molecule is C#CCC(CC)NCC(O)COc1ccc(C)cc1Br. The highest BCUT2D eigenvalue weighted by atomic mass is 79.9. The Hall–Kier alpha value is -1.02. The number of benzene rings is 1. The predicted molar refractivity (Wildman–Crippen MR) is 85.9 cm³/mol. The molecular formula is C16H22BrNO2. The van der Waals surface area contributed by atoms with Crippen LogP contribution in [0, 0.1) is 19.3 Å². The summed E-state index contributed by atoms with van der Waals surface area (Å²) in [6.45, 7) is 4.82. The molecule has 2 N–H and O–H groups in total. The van der Waals surface area contributed by atoms with Crippen molar-refractivity contribution < 1.29 is 9.84 Å². The molecule has 20 heavy (non-hydrogen) atoms. The second-order valence-electron chi connectivity index (χ2n) is 4.82. The molecule has 1 aromatic carbocycles. The highest BCUT2D eigenvalue weighted by Gasteiger charge is 2.10. The molecule has 0 saturated heterocycles. The highest BCUT2D eigenvalue weighted by Crippen LogP contribution is 2.25. The first-order valence-electron chi connectivity index (χ1n) is 6.80. The number of halogens is 1. The molecule has 0 aliphatic rings. The second-order valence-corrected chi connectivity index (χ2v) is 5.67. The van der Waals surface area contributed by atoms with Crippen LogP contribution in [0.2, 0.25) is 0 Å². The van der Waals surface area contributed by atoms with Crippen LogP contribution in [0.4, 0.5) is 0 Å². The lowest BCUT2D eigenvalue weighted by Crippen LogP contribution is -2.37. The Bertz CT molecular complexity index is 456. The van der Waals surface area contributed by atoms with Crippen LogP contribution in [0.25, 0.3) is 0 Å². The van der Waals surface area contributed by atoms with Crippen molar-refractivity contribution in [2.45, 2.75) is 38.8 Å². The van der Waals surface area contributed by atoms with Gasteiger partial charge in [0.2, 0.25) is 0 Å². The fraction of sp³-hybridized carbons (Fsp3) is 0.500. The van der Waals surface area contributed by atoms with Crippen molar-refractivity contribution in [3.8, 4) is 18.1 Å². The predicted octanol–water partition coefficient (Wildman–Crippen LogP) is 2.89. The van der Waals surface area contributed by atoms with Gasteiger partial charge in [-0.2, -0.15) is 0 Å². The minimum atomic E-state index is -0.560. The zero-order chi connectivity index (χ0) is 15.0. The molecule has 0 aliphatic heterocycles. The number of rotatable bonds is 8. The van der Waals surface area contributed by atoms with Gasteiger partial charge >= 0.3 is 0 Å². The molecule has 1 aromatic rings. The molecule has 0 amide bonds. The van der Waals surface area contributed by atoms with E-state index in [2.05, 4.69) is 34.1 Å². The standard InChI is InChI=1S/C16H22BrNO2/c1-4-6-13(5-2)18-10-14(19)11-20-16-8-7-12(3)9-15(16)17/h1,7-9,13-14,18-19H,5-6,10-11H2,2-3H3. The number of aryl methyl sites for hydroxylation is 1. The molecular weight excluding hydrogens is 318 g/mol. The van der Waals surface area contributed by atoms with Crippen molar-refractivity contribution in [3.63, 3.8) is 0 Å². The monoisotopic (exact) mass is 339 g/mol. The van der Waals surface area contributed by atoms with E-state index in [1.807, 2.05) is 25.1 Å². The molecule has 0 aliphatic carbocycles. The molecule has 3 nitrogen and oxygen atoms in total. The molecule has 1 rings (SSSR count). The lowest BCUT2D eigenvalue weighted by molar-refractivity contribution is 0.103. The Morgan fingerprint density at radius 1 is 1.50 bits per heavy atom. The zero-order valence-electron chi connectivity index (χ0n) is 12.0. The smallest absolute Gasteiger partial charge is 0.133 e. The molecule has 0 saturated carbocycles. The van der Waals surface area contributed by atoms with Crippen LogP contribution in [-0.2, 0) is 0 Å². The average molecular weight is 340 g/mol. The second kappa shape index (κ2) is 9.02. The number of hydrogen-bond donors (Lipinski definition) is 2. The van der Waals surface area contributed by atoms with Crippen LogP contribution in [0.5, 0.6) is 5.75 Å². The van der Waals surface area contributed by atoms with E-state index in [-0.39, 0.29) is 12.6 Å². The molecule has 0 fully saturated rings. The first-order chi connectivity index (χ1) is 9.56. The van der Waals surface area contributed by atoms with E-state index in [4.69, 9.17) is 11.2 Å². The molecule has 0 spiro atoms. The van der Waals surface area contributed by atoms with Crippen LogP contribution in [-0.4, -0.2) is 30.4 Å². The maximum atomic E-state index is 9.91. The third-order valence-corrected chi connectivity index (χ3v) is 3.64. The van der Waals surface area contributed by atoms with Gasteiger partial charge in [-0.05, 0) is 47.0 Å². The fourth-order valence-corrected chi connectivity index (χ4v) is 2.38. The quantitative estimate of drug-likeness (QED) is 0.715. The Morgan fingerprint density at radius 2 is 2.25 bits per heavy atom. The van der Waals surface area contributed by atoms with Gasteiger partial charge in [0.05, 0.1) is 4.47 Å². The molecule has 2 unspecified atom stereocenters. The normalized spacial score (nSPS) is 13.6. The minimum Gasteiger partial charge on any atom is -0.490 e. The summed E-state index contributed by atoms with van der Waals surface area (Å²) in [5.74, 6) is 3.37. The molecule has 4 heteroatoms. The van der Waals surface area contributed by atoms with Gasteiger partial charge in [-0.3, -0.25) is 0 Å². The largest absolute Gasteiger partial charge is 0.490 e. The Morgan fingerprint density at radius 3 is 2.85 bits per heavy atom. The summed E-state index contributed by atoms with van der Waals surface area (Å²) in [7, 11) is 0. The van der Waals surface area contributed by atoms with Crippen molar-refractivity contribution in [1.82, 2.24) is 5.32 Å². The van der Waals surface area contributed by atoms with Gasteiger partial charge in [-0.25, -0.2) is 0 Å². The van der Waals surface area contributed by atoms with Crippen LogP contribution >= 0.6 is 15.9 Å². The van der Waals surface area contributed by atoms with Crippen molar-refractivity contribution in [1.29, 1.82) is 0 Å². The lowest BCUT2D eigenvalue weighted by atomic mass is 10.1. The van der Waals surface area contributed by atoms with E-state index >= 15 is 0 Å². The number of hydrogen-bond acceptors (Lipinski definition) is 3. The van der Waals surface area contributed by atoms with Crippen molar-refractivity contribution in [3.05, 3.63) is 28.2 Å². The van der Waals surface area contributed by atoms with E-state index in [9.17, 15) is 5.11 Å². The Labute approximate surface area is 129 Å². The number of aliphatic hydroxyl groups is 1. The summed E-state index contributed by atoms with van der Waals surface area (Å²) >= 11 is 3.45. The number of nitrogens with one attached hydrogen (secondary N) is 1. The van der Waals surface area contributed by atoms with Gasteiger partial charge in [-0.15, -0.1) is 12.3 Å². The molecule has 0 aromatic heterocycles. The van der Waals surface area contributed by atoms with Crippen LogP contribution in [0.15, 0.2) is 22.7 Å². The van der Waals surface area contributed by atoms with E-state index in [0.29, 0.717) is 13.0 Å². The maximum Gasteiger partial charge on any atom is 0.133 e. The molecule has 110 valence electrons. The van der Waals surface area contributed by atoms with Crippen molar-refractivity contribution >= 4 is 15.9 Å². The molecule has 0 heterocycles. The van der Waals surface area contributed by atoms with Gasteiger partial charge in [0.15, 0.2) is 0 Å². The van der Waals surface area contributed by atoms with Gasteiger partial charge in [-0.1, -0.05) is 13.0 Å². The van der Waals surface area contributed by atoms with Gasteiger partial charge in [0.25, 0.3) is 0 Å². The summed E-state index contributed by atoms with van der Waals surface area (Å²) in [4.78, 5) is 0. The third-order valence-electron chi connectivity index (χ3n) is 3.02. The van der Waals surface area contributed by atoms with Crippen LogP contribution in [0.3, 0.4) is 0 Å². The van der Waals surface area contributed by atoms with E-state index < -0.39 is 6.10 Å². The summed E-state index contributed by atoms with van der Waals surface area (Å²) in [5, 5.41) is 13.2. The summed E-state index contributed by atoms with van der Waals surface area (Å²) < 4.78 is 6.50. The van der Waals surface area contributed by atoms with Crippen molar-refractivity contribution in [2.24, 2.45) is 0 Å². The number of ether oxygens (including phenoxy) is 1. The maximum absolute atomic E-state index is 9.91. The number of terminal acetylenes is 1. The summed E-state index contributed by atoms with van der Waals surface area (Å²) in [6, 6.07) is 6.11. The van der Waals surface area contributed by atoms with Crippen LogP contribution < -0.4 is 10.1 Å².